The molecule has 0 radical (unpaired) electrons. The molecule has 1 N–H and O–H groups in total. The second-order valence-corrected chi connectivity index (χ2v) is 6.94. The fourth-order valence-electron chi connectivity index (χ4n) is 3.54. The number of hydrogen-bond donors (Lipinski definition) is 1. The Morgan fingerprint density at radius 1 is 1.14 bits per heavy atom. The molecule has 29 heavy (non-hydrogen) atoms. The molecule has 0 bridgehead atoms. The zero-order chi connectivity index (χ0) is 20.4. The highest BCUT2D eigenvalue weighted by Gasteiger charge is 2.19. The van der Waals surface area contributed by atoms with Crippen LogP contribution in [0.3, 0.4) is 0 Å². The van der Waals surface area contributed by atoms with E-state index in [1.165, 1.54) is 9.08 Å². The van der Waals surface area contributed by atoms with Crippen LogP contribution in [-0.2, 0) is 13.2 Å². The minimum atomic E-state index is -0.284. The third kappa shape index (κ3) is 3.47. The van der Waals surface area contributed by atoms with Crippen molar-refractivity contribution >= 4 is 5.52 Å². The summed E-state index contributed by atoms with van der Waals surface area (Å²) in [5, 5.41) is 18.5. The highest BCUT2D eigenvalue weighted by atomic mass is 16.5. The van der Waals surface area contributed by atoms with E-state index in [4.69, 9.17) is 4.52 Å². The molecule has 150 valence electrons. The summed E-state index contributed by atoms with van der Waals surface area (Å²) in [4.78, 5) is 17.6. The van der Waals surface area contributed by atoms with E-state index in [1.807, 2.05) is 30.3 Å². The fourth-order valence-corrected chi connectivity index (χ4v) is 3.54. The van der Waals surface area contributed by atoms with Crippen LogP contribution in [0.4, 0.5) is 0 Å². The number of hydrogen-bond acceptors (Lipinski definition) is 6. The molecule has 3 aromatic heterocycles. The first-order valence-electron chi connectivity index (χ1n) is 9.75. The molecule has 4 aromatic rings. The van der Waals surface area contributed by atoms with Gasteiger partial charge in [-0.1, -0.05) is 49.3 Å². The minimum absolute atomic E-state index is 0.190. The standard InChI is InChI=1S/C21H23N5O3/c1-3-14(4-2)20-22-17(24-29-20)12-25-10-11-26-19(21(25)28)16(13-27)18(23-26)15-8-6-5-7-9-15/h5-11,14,27H,3-4,12-13H2,1-2H3. The summed E-state index contributed by atoms with van der Waals surface area (Å²) in [6.45, 7) is 4.07. The lowest BCUT2D eigenvalue weighted by Crippen LogP contribution is -2.23. The average Bonchev–Trinajstić information content (AvgIpc) is 3.36. The molecule has 8 nitrogen and oxygen atoms in total. The van der Waals surface area contributed by atoms with Gasteiger partial charge >= 0.3 is 0 Å². The smallest absolute Gasteiger partial charge is 0.277 e. The Labute approximate surface area is 167 Å². The third-order valence-electron chi connectivity index (χ3n) is 5.20. The van der Waals surface area contributed by atoms with Crippen molar-refractivity contribution < 1.29 is 9.63 Å². The van der Waals surface area contributed by atoms with Crippen LogP contribution >= 0.6 is 0 Å². The molecule has 0 aliphatic carbocycles. The van der Waals surface area contributed by atoms with Crippen LogP contribution in [0, 0.1) is 0 Å². The molecule has 0 saturated carbocycles. The van der Waals surface area contributed by atoms with E-state index < -0.39 is 0 Å². The first-order valence-corrected chi connectivity index (χ1v) is 9.75. The normalized spacial score (nSPS) is 11.6. The fraction of sp³-hybridized carbons (Fsp3) is 0.333. The summed E-state index contributed by atoms with van der Waals surface area (Å²) >= 11 is 0. The number of aliphatic hydroxyl groups excluding tert-OH is 1. The minimum Gasteiger partial charge on any atom is -0.392 e. The van der Waals surface area contributed by atoms with E-state index in [2.05, 4.69) is 29.1 Å². The van der Waals surface area contributed by atoms with Crippen LogP contribution in [0.1, 0.15) is 49.9 Å². The predicted octanol–water partition coefficient (Wildman–Crippen LogP) is 2.99. The van der Waals surface area contributed by atoms with E-state index in [0.717, 1.165) is 18.4 Å². The van der Waals surface area contributed by atoms with Crippen molar-refractivity contribution in [1.82, 2.24) is 24.3 Å². The molecule has 0 aliphatic heterocycles. The highest BCUT2D eigenvalue weighted by molar-refractivity contribution is 5.72. The number of aromatic nitrogens is 5. The monoisotopic (exact) mass is 393 g/mol. The molecular weight excluding hydrogens is 370 g/mol. The summed E-state index contributed by atoms with van der Waals surface area (Å²) in [6, 6.07) is 9.50. The van der Waals surface area contributed by atoms with Gasteiger partial charge in [-0.25, -0.2) is 4.52 Å². The molecule has 0 aliphatic rings. The van der Waals surface area contributed by atoms with Crippen LogP contribution in [0.2, 0.25) is 0 Å². The maximum absolute atomic E-state index is 13.1. The van der Waals surface area contributed by atoms with Crippen LogP contribution < -0.4 is 5.56 Å². The van der Waals surface area contributed by atoms with Crippen molar-refractivity contribution in [2.45, 2.75) is 45.8 Å². The Bertz CT molecular complexity index is 1170. The van der Waals surface area contributed by atoms with Gasteiger partial charge in [-0.05, 0) is 12.8 Å². The Morgan fingerprint density at radius 2 is 1.90 bits per heavy atom. The van der Waals surface area contributed by atoms with Gasteiger partial charge in [0.1, 0.15) is 5.52 Å². The van der Waals surface area contributed by atoms with Gasteiger partial charge in [0.25, 0.3) is 5.56 Å². The van der Waals surface area contributed by atoms with Crippen molar-refractivity contribution in [2.75, 3.05) is 0 Å². The number of nitrogens with zero attached hydrogens (tertiary/aromatic N) is 5. The zero-order valence-corrected chi connectivity index (χ0v) is 16.4. The lowest BCUT2D eigenvalue weighted by atomic mass is 10.0. The quantitative estimate of drug-likeness (QED) is 0.518. The molecule has 0 unspecified atom stereocenters. The largest absolute Gasteiger partial charge is 0.392 e. The van der Waals surface area contributed by atoms with Gasteiger partial charge in [0.15, 0.2) is 5.82 Å². The van der Waals surface area contributed by atoms with Crippen molar-refractivity contribution in [1.29, 1.82) is 0 Å². The van der Waals surface area contributed by atoms with Crippen LogP contribution in [0.5, 0.6) is 0 Å². The van der Waals surface area contributed by atoms with Crippen molar-refractivity contribution in [3.05, 3.63) is 70.4 Å². The maximum Gasteiger partial charge on any atom is 0.277 e. The molecule has 3 heterocycles. The molecular formula is C21H23N5O3. The Morgan fingerprint density at radius 3 is 2.59 bits per heavy atom. The first kappa shape index (κ1) is 19.1. The van der Waals surface area contributed by atoms with E-state index in [9.17, 15) is 9.90 Å². The van der Waals surface area contributed by atoms with Gasteiger partial charge < -0.3 is 14.2 Å². The lowest BCUT2D eigenvalue weighted by Gasteiger charge is -2.05. The first-order chi connectivity index (χ1) is 14.2. The maximum atomic E-state index is 13.1. The zero-order valence-electron chi connectivity index (χ0n) is 16.4. The van der Waals surface area contributed by atoms with Gasteiger partial charge in [-0.3, -0.25) is 4.79 Å². The summed E-state index contributed by atoms with van der Waals surface area (Å²) in [7, 11) is 0. The molecule has 0 saturated heterocycles. The number of aliphatic hydroxyl groups is 1. The Hall–Kier alpha value is -3.26. The molecule has 0 atom stereocenters. The SMILES string of the molecule is CCC(CC)c1nc(Cn2ccn3nc(-c4ccccc4)c(CO)c3c2=O)no1. The van der Waals surface area contributed by atoms with Gasteiger partial charge in [-0.2, -0.15) is 10.1 Å². The van der Waals surface area contributed by atoms with E-state index in [1.54, 1.807) is 12.4 Å². The third-order valence-corrected chi connectivity index (χ3v) is 5.20. The second kappa shape index (κ2) is 8.00. The number of benzene rings is 1. The average molecular weight is 393 g/mol. The van der Waals surface area contributed by atoms with E-state index >= 15 is 0 Å². The van der Waals surface area contributed by atoms with Crippen molar-refractivity contribution in [2.24, 2.45) is 0 Å². The number of rotatable bonds is 7. The van der Waals surface area contributed by atoms with Gasteiger partial charge in [0.05, 0.1) is 18.8 Å². The Balaban J connectivity index is 1.74. The van der Waals surface area contributed by atoms with Crippen LogP contribution in [-0.4, -0.2) is 29.4 Å². The summed E-state index contributed by atoms with van der Waals surface area (Å²) in [5.41, 5.74) is 2.02. The van der Waals surface area contributed by atoms with Crippen LogP contribution in [0.15, 0.2) is 52.0 Å². The van der Waals surface area contributed by atoms with Crippen LogP contribution in [0.25, 0.3) is 16.8 Å². The molecule has 8 heteroatoms. The topological polar surface area (TPSA) is 98.5 Å². The summed E-state index contributed by atoms with van der Waals surface area (Å²) in [5.74, 6) is 1.28. The molecule has 0 spiro atoms. The van der Waals surface area contributed by atoms with Gasteiger partial charge in [0.2, 0.25) is 5.89 Å². The summed E-state index contributed by atoms with van der Waals surface area (Å²) < 4.78 is 8.40. The predicted molar refractivity (Wildman–Crippen MR) is 108 cm³/mol. The highest BCUT2D eigenvalue weighted by Crippen LogP contribution is 2.25. The number of fused-ring (bicyclic) bond motifs is 1. The Kier molecular flexibility index (Phi) is 5.26. The molecule has 4 rings (SSSR count). The van der Waals surface area contributed by atoms with E-state index in [0.29, 0.717) is 28.5 Å². The molecule has 1 aromatic carbocycles. The van der Waals surface area contributed by atoms with Gasteiger partial charge in [0, 0.05) is 29.4 Å². The molecule has 0 fully saturated rings. The van der Waals surface area contributed by atoms with Gasteiger partial charge in [-0.15, -0.1) is 0 Å². The molecule has 0 amide bonds. The van der Waals surface area contributed by atoms with Crippen molar-refractivity contribution in [3.63, 3.8) is 0 Å². The van der Waals surface area contributed by atoms with E-state index in [-0.39, 0.29) is 24.6 Å². The second-order valence-electron chi connectivity index (χ2n) is 6.94. The van der Waals surface area contributed by atoms with Crippen molar-refractivity contribution in [3.8, 4) is 11.3 Å². The lowest BCUT2D eigenvalue weighted by molar-refractivity contribution is 0.283. The summed E-state index contributed by atoms with van der Waals surface area (Å²) in [6.07, 6.45) is 5.18.